The van der Waals surface area contributed by atoms with Crippen LogP contribution in [-0.4, -0.2) is 39.9 Å². The second-order valence-electron chi connectivity index (χ2n) is 8.19. The van der Waals surface area contributed by atoms with Crippen LogP contribution in [0.3, 0.4) is 0 Å². The molecule has 178 valence electrons. The minimum Gasteiger partial charge on any atom is -0.324 e. The number of aromatic nitrogens is 3. The van der Waals surface area contributed by atoms with Crippen LogP contribution < -0.4 is 10.6 Å². The Morgan fingerprint density at radius 1 is 1.06 bits per heavy atom. The van der Waals surface area contributed by atoms with Gasteiger partial charge in [-0.15, -0.1) is 0 Å². The highest BCUT2D eigenvalue weighted by Crippen LogP contribution is 2.36. The molecule has 0 aliphatic carbocycles. The number of anilines is 3. The maximum absolute atomic E-state index is 15.3. The Labute approximate surface area is 201 Å². The molecule has 0 saturated carbocycles. The summed E-state index contributed by atoms with van der Waals surface area (Å²) in [6.45, 7) is 4.09. The quantitative estimate of drug-likeness (QED) is 0.346. The van der Waals surface area contributed by atoms with E-state index >= 15 is 8.78 Å². The molecule has 0 unspecified atom stereocenters. The zero-order valence-electron chi connectivity index (χ0n) is 19.3. The normalized spacial score (nSPS) is 11.5. The number of nitrogens with one attached hydrogen (secondary N) is 2. The number of nitrogens with zero attached hydrogens (tertiary/aromatic N) is 4. The molecule has 2 aromatic heterocycles. The van der Waals surface area contributed by atoms with Crippen molar-refractivity contribution in [2.75, 3.05) is 24.7 Å². The number of hydrogen-bond donors (Lipinski definition) is 2. The highest BCUT2D eigenvalue weighted by molar-refractivity contribution is 5.98. The van der Waals surface area contributed by atoms with Crippen molar-refractivity contribution < 1.29 is 13.6 Å². The van der Waals surface area contributed by atoms with Crippen molar-refractivity contribution in [3.63, 3.8) is 0 Å². The van der Waals surface area contributed by atoms with Gasteiger partial charge in [-0.3, -0.25) is 9.78 Å². The van der Waals surface area contributed by atoms with Gasteiger partial charge in [0.25, 0.3) is 0 Å². The SMILES string of the molecule is C=CC(=O)Nc1cccc(C(F)(F)c2ccnc(Nc3ccc4nc(CN(C)C)ccc4c3)n2)c1. The summed E-state index contributed by atoms with van der Waals surface area (Å²) < 4.78 is 30.6. The smallest absolute Gasteiger partial charge is 0.315 e. The first-order valence-corrected chi connectivity index (χ1v) is 10.8. The summed E-state index contributed by atoms with van der Waals surface area (Å²) in [5.74, 6) is -3.86. The molecular formula is C26H24F2N6O. The Morgan fingerprint density at radius 2 is 1.89 bits per heavy atom. The summed E-state index contributed by atoms with van der Waals surface area (Å²) in [4.78, 5) is 26.3. The molecule has 0 bridgehead atoms. The molecule has 0 aliphatic heterocycles. The first-order valence-electron chi connectivity index (χ1n) is 10.8. The predicted molar refractivity (Wildman–Crippen MR) is 133 cm³/mol. The van der Waals surface area contributed by atoms with Gasteiger partial charge in [0.1, 0.15) is 5.69 Å². The minimum absolute atomic E-state index is 0.0369. The van der Waals surface area contributed by atoms with E-state index in [0.717, 1.165) is 35.3 Å². The first-order chi connectivity index (χ1) is 16.7. The lowest BCUT2D eigenvalue weighted by Crippen LogP contribution is -2.18. The summed E-state index contributed by atoms with van der Waals surface area (Å²) in [5.41, 5.74) is 1.88. The predicted octanol–water partition coefficient (Wildman–Crippen LogP) is 5.09. The summed E-state index contributed by atoms with van der Waals surface area (Å²) in [5, 5.41) is 6.38. The number of alkyl halides is 2. The molecule has 0 saturated heterocycles. The Hall–Kier alpha value is -4.24. The van der Waals surface area contributed by atoms with Gasteiger partial charge >= 0.3 is 5.92 Å². The third kappa shape index (κ3) is 5.64. The number of carbonyl (C=O) groups excluding carboxylic acids is 1. The molecule has 4 rings (SSSR count). The van der Waals surface area contributed by atoms with E-state index in [4.69, 9.17) is 0 Å². The zero-order chi connectivity index (χ0) is 25.0. The zero-order valence-corrected chi connectivity index (χ0v) is 19.3. The molecule has 2 N–H and O–H groups in total. The van der Waals surface area contributed by atoms with Gasteiger partial charge in [-0.05, 0) is 62.6 Å². The fourth-order valence-electron chi connectivity index (χ4n) is 3.51. The lowest BCUT2D eigenvalue weighted by atomic mass is 10.0. The van der Waals surface area contributed by atoms with Crippen LogP contribution in [0.2, 0.25) is 0 Å². The van der Waals surface area contributed by atoms with Crippen LogP contribution in [0.4, 0.5) is 26.1 Å². The molecule has 9 heteroatoms. The van der Waals surface area contributed by atoms with Gasteiger partial charge in [0.2, 0.25) is 11.9 Å². The number of benzene rings is 2. The van der Waals surface area contributed by atoms with Crippen molar-refractivity contribution in [1.82, 2.24) is 19.9 Å². The number of hydrogen-bond acceptors (Lipinski definition) is 6. The van der Waals surface area contributed by atoms with E-state index < -0.39 is 17.5 Å². The average molecular weight is 475 g/mol. The molecule has 0 spiro atoms. The number of amides is 1. The van der Waals surface area contributed by atoms with Gasteiger partial charge in [0, 0.05) is 35.1 Å². The first kappa shape index (κ1) is 23.9. The van der Waals surface area contributed by atoms with Crippen molar-refractivity contribution in [3.05, 3.63) is 96.5 Å². The standard InChI is InChI=1S/C26H24F2N6O/c1-4-24(35)31-19-7-5-6-18(15-19)26(27,28)23-12-13-29-25(33-23)32-20-10-11-22-17(14-20)8-9-21(30-22)16-34(2)3/h4-15H,1,16H2,2-3H3,(H,31,35)(H,29,32,33). The van der Waals surface area contributed by atoms with E-state index in [1.54, 1.807) is 6.07 Å². The van der Waals surface area contributed by atoms with Crippen LogP contribution >= 0.6 is 0 Å². The van der Waals surface area contributed by atoms with Crippen LogP contribution in [0.15, 0.2) is 79.5 Å². The molecule has 0 radical (unpaired) electrons. The molecule has 0 fully saturated rings. The topological polar surface area (TPSA) is 83.0 Å². The van der Waals surface area contributed by atoms with E-state index in [0.29, 0.717) is 5.69 Å². The van der Waals surface area contributed by atoms with Gasteiger partial charge in [0.15, 0.2) is 0 Å². The summed E-state index contributed by atoms with van der Waals surface area (Å²) >= 11 is 0. The molecule has 4 aromatic rings. The number of pyridine rings is 1. The Balaban J connectivity index is 1.57. The maximum Gasteiger partial charge on any atom is 0.315 e. The van der Waals surface area contributed by atoms with E-state index in [1.165, 1.54) is 30.5 Å². The highest BCUT2D eigenvalue weighted by atomic mass is 19.3. The molecule has 7 nitrogen and oxygen atoms in total. The number of carbonyl (C=O) groups is 1. The Bertz CT molecular complexity index is 1390. The fourth-order valence-corrected chi connectivity index (χ4v) is 3.51. The molecule has 2 aromatic carbocycles. The lowest BCUT2D eigenvalue weighted by molar-refractivity contribution is -0.111. The van der Waals surface area contributed by atoms with Crippen molar-refractivity contribution in [2.24, 2.45) is 0 Å². The number of rotatable bonds is 8. The van der Waals surface area contributed by atoms with Gasteiger partial charge < -0.3 is 15.5 Å². The van der Waals surface area contributed by atoms with Gasteiger partial charge in [0.05, 0.1) is 11.2 Å². The molecule has 0 aliphatic rings. The van der Waals surface area contributed by atoms with E-state index in [1.807, 2.05) is 43.3 Å². The minimum atomic E-state index is -3.41. The number of fused-ring (bicyclic) bond motifs is 1. The van der Waals surface area contributed by atoms with Gasteiger partial charge in [-0.25, -0.2) is 9.97 Å². The van der Waals surface area contributed by atoms with Crippen LogP contribution in [0.1, 0.15) is 17.0 Å². The maximum atomic E-state index is 15.3. The van der Waals surface area contributed by atoms with Crippen molar-refractivity contribution in [2.45, 2.75) is 12.5 Å². The molecule has 35 heavy (non-hydrogen) atoms. The van der Waals surface area contributed by atoms with Crippen molar-refractivity contribution in [1.29, 1.82) is 0 Å². The third-order valence-electron chi connectivity index (χ3n) is 5.14. The lowest BCUT2D eigenvalue weighted by Gasteiger charge is -2.18. The van der Waals surface area contributed by atoms with Crippen LogP contribution in [-0.2, 0) is 17.3 Å². The van der Waals surface area contributed by atoms with Crippen molar-refractivity contribution in [3.8, 4) is 0 Å². The second kappa shape index (κ2) is 9.94. The summed E-state index contributed by atoms with van der Waals surface area (Å²) in [7, 11) is 3.96. The van der Waals surface area contributed by atoms with E-state index in [9.17, 15) is 4.79 Å². The van der Waals surface area contributed by atoms with Crippen LogP contribution in [0, 0.1) is 0 Å². The van der Waals surface area contributed by atoms with Crippen LogP contribution in [0.25, 0.3) is 10.9 Å². The largest absolute Gasteiger partial charge is 0.324 e. The fraction of sp³-hybridized carbons (Fsp3) is 0.154. The molecular weight excluding hydrogens is 450 g/mol. The van der Waals surface area contributed by atoms with Crippen molar-refractivity contribution >= 4 is 34.1 Å². The van der Waals surface area contributed by atoms with E-state index in [-0.39, 0.29) is 17.2 Å². The highest BCUT2D eigenvalue weighted by Gasteiger charge is 2.36. The van der Waals surface area contributed by atoms with Gasteiger partial charge in [-0.2, -0.15) is 8.78 Å². The number of halogens is 2. The third-order valence-corrected chi connectivity index (χ3v) is 5.14. The Morgan fingerprint density at radius 3 is 2.66 bits per heavy atom. The second-order valence-corrected chi connectivity index (χ2v) is 8.19. The Kier molecular flexibility index (Phi) is 6.79. The molecule has 0 atom stereocenters. The molecule has 2 heterocycles. The summed E-state index contributed by atoms with van der Waals surface area (Å²) in [6, 6.07) is 16.1. The van der Waals surface area contributed by atoms with Gasteiger partial charge in [-0.1, -0.05) is 24.8 Å². The van der Waals surface area contributed by atoms with Crippen LogP contribution in [0.5, 0.6) is 0 Å². The summed E-state index contributed by atoms with van der Waals surface area (Å²) in [6.07, 6.45) is 2.34. The molecule has 1 amide bonds. The average Bonchev–Trinajstić information content (AvgIpc) is 2.84. The monoisotopic (exact) mass is 474 g/mol. The van der Waals surface area contributed by atoms with E-state index in [2.05, 4.69) is 32.2 Å².